The van der Waals surface area contributed by atoms with Crippen molar-refractivity contribution in [1.29, 1.82) is 0 Å². The molecule has 4 rings (SSSR count). The second-order valence-corrected chi connectivity index (χ2v) is 9.54. The van der Waals surface area contributed by atoms with Gasteiger partial charge < -0.3 is 24.4 Å². The number of esters is 1. The minimum Gasteiger partial charge on any atom is -0.497 e. The van der Waals surface area contributed by atoms with Crippen LogP contribution in [0.3, 0.4) is 0 Å². The lowest BCUT2D eigenvalue weighted by atomic mass is 9.84. The zero-order valence-electron chi connectivity index (χ0n) is 22.2. The normalized spacial score (nSPS) is 20.9. The number of methoxy groups -OCH3 is 2. The Hall–Kier alpha value is -3.27. The first-order valence-electron chi connectivity index (χ1n) is 13.1. The van der Waals surface area contributed by atoms with E-state index in [4.69, 9.17) is 14.2 Å². The predicted octanol–water partition coefficient (Wildman–Crippen LogP) is 2.55. The highest BCUT2D eigenvalue weighted by molar-refractivity contribution is 5.95. The molecule has 10 heteroatoms. The van der Waals surface area contributed by atoms with Crippen LogP contribution in [-0.2, 0) is 14.3 Å². The Balaban J connectivity index is 1.66. The molecular formula is C27H38N4O6. The van der Waals surface area contributed by atoms with Gasteiger partial charge in [-0.2, -0.15) is 0 Å². The number of carbonyl (C=O) groups is 3. The van der Waals surface area contributed by atoms with E-state index in [1.807, 2.05) is 11.8 Å². The molecule has 1 atom stereocenters. The van der Waals surface area contributed by atoms with Crippen LogP contribution in [0.1, 0.15) is 44.7 Å². The van der Waals surface area contributed by atoms with Gasteiger partial charge in [0.2, 0.25) is 5.91 Å². The van der Waals surface area contributed by atoms with Crippen LogP contribution in [0.4, 0.5) is 4.79 Å². The summed E-state index contributed by atoms with van der Waals surface area (Å²) in [5.74, 6) is 1.07. The molecule has 10 nitrogen and oxygen atoms in total. The van der Waals surface area contributed by atoms with Crippen molar-refractivity contribution in [3.8, 4) is 11.5 Å². The smallest absolute Gasteiger partial charge is 0.338 e. The summed E-state index contributed by atoms with van der Waals surface area (Å²) in [6, 6.07) is 4.27. The van der Waals surface area contributed by atoms with Gasteiger partial charge in [0.1, 0.15) is 11.5 Å². The standard InChI is InChI=1S/C27H38N4O6/c1-5-31-21(17-29-12-14-30(15-13-29)25(32)18-8-7-9-18)23(26(33)37-6-2)24(28-27(31)34)20-11-10-19(35-3)16-22(20)36-4/h10-11,16,18,24H,5-9,12-15,17H2,1-4H3,(H,28,34). The summed E-state index contributed by atoms with van der Waals surface area (Å²) < 4.78 is 16.4. The van der Waals surface area contributed by atoms with E-state index in [2.05, 4.69) is 10.2 Å². The maximum Gasteiger partial charge on any atom is 0.338 e. The molecule has 202 valence electrons. The third kappa shape index (κ3) is 5.53. The minimum atomic E-state index is -0.744. The van der Waals surface area contributed by atoms with Crippen molar-refractivity contribution in [2.24, 2.45) is 5.92 Å². The van der Waals surface area contributed by atoms with E-state index in [1.165, 1.54) is 0 Å². The molecule has 0 bridgehead atoms. The zero-order valence-corrected chi connectivity index (χ0v) is 22.2. The number of benzene rings is 1. The van der Waals surface area contributed by atoms with E-state index in [9.17, 15) is 14.4 Å². The maximum absolute atomic E-state index is 13.4. The number of ether oxygens (including phenoxy) is 3. The van der Waals surface area contributed by atoms with Gasteiger partial charge in [0.25, 0.3) is 0 Å². The predicted molar refractivity (Wildman–Crippen MR) is 137 cm³/mol. The van der Waals surface area contributed by atoms with E-state index >= 15 is 0 Å². The minimum absolute atomic E-state index is 0.183. The number of urea groups is 1. The fraction of sp³-hybridized carbons (Fsp3) is 0.593. The van der Waals surface area contributed by atoms with Crippen LogP contribution in [0.25, 0.3) is 0 Å². The molecule has 2 heterocycles. The first kappa shape index (κ1) is 26.8. The summed E-state index contributed by atoms with van der Waals surface area (Å²) in [5.41, 5.74) is 1.65. The molecule has 1 saturated heterocycles. The molecule has 1 aromatic carbocycles. The van der Waals surface area contributed by atoms with Crippen LogP contribution in [0.15, 0.2) is 29.5 Å². The molecular weight excluding hydrogens is 476 g/mol. The average Bonchev–Trinajstić information content (AvgIpc) is 2.87. The third-order valence-corrected chi connectivity index (χ3v) is 7.51. The molecule has 2 fully saturated rings. The van der Waals surface area contributed by atoms with Crippen molar-refractivity contribution in [3.05, 3.63) is 35.0 Å². The van der Waals surface area contributed by atoms with Gasteiger partial charge in [-0.1, -0.05) is 6.42 Å². The quantitative estimate of drug-likeness (QED) is 0.506. The number of nitrogens with zero attached hydrogens (tertiary/aromatic N) is 3. The van der Waals surface area contributed by atoms with Crippen LogP contribution in [0, 0.1) is 5.92 Å². The van der Waals surface area contributed by atoms with E-state index in [0.717, 1.165) is 19.3 Å². The number of amides is 3. The van der Waals surface area contributed by atoms with Crippen molar-refractivity contribution in [2.45, 2.75) is 39.2 Å². The van der Waals surface area contributed by atoms with Gasteiger partial charge in [-0.3, -0.25) is 14.6 Å². The molecule has 1 saturated carbocycles. The van der Waals surface area contributed by atoms with Gasteiger partial charge in [0, 0.05) is 62.5 Å². The summed E-state index contributed by atoms with van der Waals surface area (Å²) in [4.78, 5) is 45.1. The maximum atomic E-state index is 13.4. The Morgan fingerprint density at radius 2 is 1.78 bits per heavy atom. The van der Waals surface area contributed by atoms with Crippen molar-refractivity contribution < 1.29 is 28.6 Å². The topological polar surface area (TPSA) is 101 Å². The number of nitrogens with one attached hydrogen (secondary N) is 1. The molecule has 1 N–H and O–H groups in total. The lowest BCUT2D eigenvalue weighted by molar-refractivity contribution is -0.140. The van der Waals surface area contributed by atoms with Crippen molar-refractivity contribution in [3.63, 3.8) is 0 Å². The highest BCUT2D eigenvalue weighted by atomic mass is 16.5. The van der Waals surface area contributed by atoms with Crippen LogP contribution < -0.4 is 14.8 Å². The molecule has 1 aliphatic carbocycles. The Morgan fingerprint density at radius 1 is 1.05 bits per heavy atom. The summed E-state index contributed by atoms with van der Waals surface area (Å²) in [5, 5.41) is 2.99. The molecule has 0 aromatic heterocycles. The second kappa shape index (κ2) is 11.9. The number of likely N-dealkylation sites (N-methyl/N-ethyl adjacent to an activating group) is 1. The van der Waals surface area contributed by atoms with E-state index < -0.39 is 12.0 Å². The summed E-state index contributed by atoms with van der Waals surface area (Å²) in [6.45, 7) is 7.29. The largest absolute Gasteiger partial charge is 0.497 e. The first-order valence-corrected chi connectivity index (χ1v) is 13.1. The first-order chi connectivity index (χ1) is 17.9. The van der Waals surface area contributed by atoms with Gasteiger partial charge in [0.15, 0.2) is 0 Å². The van der Waals surface area contributed by atoms with Gasteiger partial charge in [-0.25, -0.2) is 9.59 Å². The number of hydrogen-bond acceptors (Lipinski definition) is 7. The lowest BCUT2D eigenvalue weighted by Gasteiger charge is -2.41. The van der Waals surface area contributed by atoms with Crippen LogP contribution >= 0.6 is 0 Å². The van der Waals surface area contributed by atoms with Crippen LogP contribution in [-0.4, -0.2) is 92.7 Å². The number of rotatable bonds is 9. The zero-order chi connectivity index (χ0) is 26.5. The SMILES string of the molecule is CCOC(=O)C1=C(CN2CCN(C(=O)C3CCC3)CC2)N(CC)C(=O)NC1c1ccc(OC)cc1OC. The lowest BCUT2D eigenvalue weighted by Crippen LogP contribution is -2.54. The fourth-order valence-corrected chi connectivity index (χ4v) is 5.20. The molecule has 37 heavy (non-hydrogen) atoms. The Morgan fingerprint density at radius 3 is 2.35 bits per heavy atom. The average molecular weight is 515 g/mol. The van der Waals surface area contributed by atoms with Gasteiger partial charge in [-0.05, 0) is 38.8 Å². The molecule has 0 spiro atoms. The highest BCUT2D eigenvalue weighted by Gasteiger charge is 2.40. The van der Waals surface area contributed by atoms with E-state index in [-0.39, 0.29) is 24.5 Å². The molecule has 1 unspecified atom stereocenters. The van der Waals surface area contributed by atoms with Gasteiger partial charge in [-0.15, -0.1) is 0 Å². The second-order valence-electron chi connectivity index (χ2n) is 9.54. The molecule has 2 aliphatic heterocycles. The Kier molecular flexibility index (Phi) is 8.58. The number of hydrogen-bond donors (Lipinski definition) is 1. The molecule has 3 aliphatic rings. The highest BCUT2D eigenvalue weighted by Crippen LogP contribution is 2.38. The summed E-state index contributed by atoms with van der Waals surface area (Å²) in [7, 11) is 3.11. The van der Waals surface area contributed by atoms with Crippen molar-refractivity contribution >= 4 is 17.9 Å². The molecule has 0 radical (unpaired) electrons. The van der Waals surface area contributed by atoms with Crippen molar-refractivity contribution in [1.82, 2.24) is 20.0 Å². The van der Waals surface area contributed by atoms with E-state index in [0.29, 0.717) is 67.6 Å². The molecule has 1 aromatic rings. The van der Waals surface area contributed by atoms with Crippen molar-refractivity contribution in [2.75, 3.05) is 60.1 Å². The summed E-state index contributed by atoms with van der Waals surface area (Å²) >= 11 is 0. The fourth-order valence-electron chi connectivity index (χ4n) is 5.20. The molecule has 3 amide bonds. The van der Waals surface area contributed by atoms with Gasteiger partial charge >= 0.3 is 12.0 Å². The van der Waals surface area contributed by atoms with Crippen LogP contribution in [0.2, 0.25) is 0 Å². The monoisotopic (exact) mass is 514 g/mol. The van der Waals surface area contributed by atoms with Crippen LogP contribution in [0.5, 0.6) is 11.5 Å². The number of carbonyl (C=O) groups excluding carboxylic acids is 3. The Bertz CT molecular complexity index is 1050. The van der Waals surface area contributed by atoms with Gasteiger partial charge in [0.05, 0.1) is 32.4 Å². The van der Waals surface area contributed by atoms with E-state index in [1.54, 1.807) is 44.2 Å². The Labute approximate surface area is 218 Å². The number of piperazine rings is 1. The third-order valence-electron chi connectivity index (χ3n) is 7.51. The summed E-state index contributed by atoms with van der Waals surface area (Å²) in [6.07, 6.45) is 3.12.